The number of amides is 1. The number of aryl methyl sites for hydroxylation is 1. The average molecular weight is 874 g/mol. The van der Waals surface area contributed by atoms with Crippen molar-refractivity contribution >= 4 is 46.2 Å². The van der Waals surface area contributed by atoms with Gasteiger partial charge < -0.3 is 32.1 Å². The Morgan fingerprint density at radius 2 is 1.32 bits per heavy atom. The number of carbonyl (C=O) groups excluding carboxylic acids is 2. The number of ether oxygens (including phenoxy) is 1. The first kappa shape index (κ1) is 43.7. The number of hydrogen-bond acceptors (Lipinski definition) is 6. The lowest BCUT2D eigenvalue weighted by molar-refractivity contribution is -0.110. The summed E-state index contributed by atoms with van der Waals surface area (Å²) in [6.07, 6.45) is 8.52. The highest BCUT2D eigenvalue weighted by Crippen LogP contribution is 2.56. The number of fused-ring (bicyclic) bond motifs is 2. The molecule has 0 bridgehead atoms. The molecule has 3 aliphatic rings. The molecule has 0 spiro atoms. The van der Waals surface area contributed by atoms with Crippen LogP contribution in [0.15, 0.2) is 176 Å². The van der Waals surface area contributed by atoms with E-state index in [1.165, 1.54) is 15.9 Å². The van der Waals surface area contributed by atoms with Crippen LogP contribution >= 0.6 is 7.26 Å². The molecule has 9 rings (SSSR count). The SMILES string of the molecule is Cc1cc(C(=O)N2CCN(CCCC[P+](c3ccccc3)(c3ccccc3)c3ccccc3)CC2)ccc1C1c2ccc(N(C)c3ccc(O)cc3)cc2OC2=CC(=O)C=CC21.[Cl-]. The summed E-state index contributed by atoms with van der Waals surface area (Å²) in [7, 11) is 0.126. The molecule has 0 radical (unpaired) electrons. The lowest BCUT2D eigenvalue weighted by atomic mass is 9.74. The lowest BCUT2D eigenvalue weighted by Gasteiger charge is -2.37. The Morgan fingerprint density at radius 3 is 1.92 bits per heavy atom. The second-order valence-electron chi connectivity index (χ2n) is 16.7. The molecule has 6 aromatic carbocycles. The number of aromatic hydroxyl groups is 1. The molecule has 2 aliphatic heterocycles. The smallest absolute Gasteiger partial charge is 0.253 e. The van der Waals surface area contributed by atoms with Gasteiger partial charge in [0, 0.05) is 79.7 Å². The van der Waals surface area contributed by atoms with Crippen LogP contribution < -0.4 is 38.0 Å². The van der Waals surface area contributed by atoms with Crippen molar-refractivity contribution in [1.82, 2.24) is 9.80 Å². The van der Waals surface area contributed by atoms with Gasteiger partial charge in [-0.1, -0.05) is 72.8 Å². The fourth-order valence-electron chi connectivity index (χ4n) is 9.62. The van der Waals surface area contributed by atoms with Crippen LogP contribution in [0.1, 0.15) is 45.8 Å². The highest BCUT2D eigenvalue weighted by Gasteiger charge is 2.44. The van der Waals surface area contributed by atoms with Gasteiger partial charge in [-0.3, -0.25) is 14.5 Å². The van der Waals surface area contributed by atoms with Crippen LogP contribution in [0.25, 0.3) is 0 Å². The minimum atomic E-state index is -1.85. The molecular weight excluding hydrogens is 821 g/mol. The molecule has 0 saturated carbocycles. The zero-order valence-corrected chi connectivity index (χ0v) is 37.5. The van der Waals surface area contributed by atoms with Gasteiger partial charge in [-0.15, -0.1) is 0 Å². The van der Waals surface area contributed by atoms with E-state index in [2.05, 4.69) is 121 Å². The van der Waals surface area contributed by atoms with E-state index in [1.807, 2.05) is 53.3 Å². The number of unbranched alkanes of at least 4 members (excludes halogenated alkanes) is 1. The molecule has 2 unspecified atom stereocenters. The van der Waals surface area contributed by atoms with E-state index in [0.29, 0.717) is 30.2 Å². The highest BCUT2D eigenvalue weighted by molar-refractivity contribution is 7.95. The molecule has 6 aromatic rings. The largest absolute Gasteiger partial charge is 1.00 e. The van der Waals surface area contributed by atoms with Gasteiger partial charge in [0.15, 0.2) is 5.78 Å². The van der Waals surface area contributed by atoms with Crippen molar-refractivity contribution in [3.8, 4) is 11.5 Å². The topological polar surface area (TPSA) is 73.3 Å². The second-order valence-corrected chi connectivity index (χ2v) is 20.3. The van der Waals surface area contributed by atoms with Crippen LogP contribution in [0.3, 0.4) is 0 Å². The quantitative estimate of drug-likeness (QED) is 0.117. The number of carbonyl (C=O) groups is 2. The van der Waals surface area contributed by atoms with Gasteiger partial charge in [-0.25, -0.2) is 0 Å². The summed E-state index contributed by atoms with van der Waals surface area (Å²) < 4.78 is 6.45. The van der Waals surface area contributed by atoms with Crippen molar-refractivity contribution < 1.29 is 31.8 Å². The van der Waals surface area contributed by atoms with E-state index >= 15 is 0 Å². The molecule has 1 fully saturated rings. The van der Waals surface area contributed by atoms with Crippen LogP contribution in [-0.2, 0) is 4.79 Å². The molecule has 9 heteroatoms. The van der Waals surface area contributed by atoms with Gasteiger partial charge >= 0.3 is 0 Å². The molecule has 0 aromatic heterocycles. The van der Waals surface area contributed by atoms with Crippen molar-refractivity contribution in [2.45, 2.75) is 25.7 Å². The number of phenols is 1. The minimum Gasteiger partial charge on any atom is -1.00 e. The maximum Gasteiger partial charge on any atom is 0.253 e. The molecular formula is C54H53ClN3O4P. The van der Waals surface area contributed by atoms with Crippen LogP contribution in [0.2, 0.25) is 0 Å². The summed E-state index contributed by atoms with van der Waals surface area (Å²) in [5, 5.41) is 14.1. The third kappa shape index (κ3) is 8.97. The van der Waals surface area contributed by atoms with Gasteiger partial charge in [0.05, 0.1) is 6.16 Å². The number of halogens is 1. The van der Waals surface area contributed by atoms with Crippen molar-refractivity contribution in [2.24, 2.45) is 5.92 Å². The maximum absolute atomic E-state index is 14.0. The van der Waals surface area contributed by atoms with E-state index in [1.54, 1.807) is 24.3 Å². The standard InChI is InChI=1S/C54H52N3O4P.ClH/c1-39-36-40(20-27-48(39)53-49-28-23-42(55(2)41-21-24-43(58)25-22-41)37-51(49)61-52-38-44(59)26-29-50(52)53)54(60)57-33-31-56(32-34-57)30-12-13-35-62(45-14-6-3-7-15-45,46-16-8-4-9-17-46)47-18-10-5-11-19-47;/h3-11,14-29,36-38,50,53H,12-13,30-35H2,1-2H3;1H. The number of anilines is 2. The monoisotopic (exact) mass is 873 g/mol. The van der Waals surface area contributed by atoms with Crippen molar-refractivity contribution in [2.75, 3.05) is 50.8 Å². The Bertz CT molecular complexity index is 2520. The number of hydrogen-bond donors (Lipinski definition) is 1. The van der Waals surface area contributed by atoms with Crippen molar-refractivity contribution in [1.29, 1.82) is 0 Å². The normalized spacial score (nSPS) is 17.1. The van der Waals surface area contributed by atoms with Gasteiger partial charge in [-0.2, -0.15) is 0 Å². The van der Waals surface area contributed by atoms with E-state index in [9.17, 15) is 14.7 Å². The van der Waals surface area contributed by atoms with E-state index in [-0.39, 0.29) is 41.7 Å². The summed E-state index contributed by atoms with van der Waals surface area (Å²) in [5.41, 5.74) is 5.70. The molecule has 1 amide bonds. The fourth-order valence-corrected chi connectivity index (χ4v) is 14.0. The maximum atomic E-state index is 14.0. The zero-order valence-electron chi connectivity index (χ0n) is 35.8. The number of phenolic OH excluding ortho intramolecular Hbond substituents is 1. The minimum absolute atomic E-state index is 0. The van der Waals surface area contributed by atoms with Crippen LogP contribution in [0.5, 0.6) is 11.5 Å². The molecule has 1 aliphatic carbocycles. The number of benzene rings is 6. The molecule has 63 heavy (non-hydrogen) atoms. The zero-order chi connectivity index (χ0) is 42.6. The molecule has 320 valence electrons. The summed E-state index contributed by atoms with van der Waals surface area (Å²) >= 11 is 0. The third-order valence-corrected chi connectivity index (χ3v) is 17.5. The number of nitrogens with zero attached hydrogens (tertiary/aromatic N) is 3. The fraction of sp³-hybridized carbons (Fsp3) is 0.222. The van der Waals surface area contributed by atoms with Crippen LogP contribution in [0.4, 0.5) is 11.4 Å². The molecule has 2 atom stereocenters. The van der Waals surface area contributed by atoms with Crippen LogP contribution in [-0.4, -0.2) is 72.5 Å². The average Bonchev–Trinajstić information content (AvgIpc) is 3.31. The van der Waals surface area contributed by atoms with Crippen LogP contribution in [0, 0.1) is 12.8 Å². The van der Waals surface area contributed by atoms with Gasteiger partial charge in [-0.05, 0) is 122 Å². The molecule has 7 nitrogen and oxygen atoms in total. The summed E-state index contributed by atoms with van der Waals surface area (Å²) in [6.45, 7) is 6.24. The van der Waals surface area contributed by atoms with Gasteiger partial charge in [0.1, 0.15) is 40.4 Å². The number of piperazine rings is 1. The Kier molecular flexibility index (Phi) is 13.3. The summed E-state index contributed by atoms with van der Waals surface area (Å²) in [4.78, 5) is 33.2. The molecule has 1 N–H and O–H groups in total. The first-order valence-electron chi connectivity index (χ1n) is 21.7. The van der Waals surface area contributed by atoms with E-state index in [0.717, 1.165) is 66.7 Å². The first-order chi connectivity index (χ1) is 30.3. The number of allylic oxidation sites excluding steroid dienone is 3. The summed E-state index contributed by atoms with van der Waals surface area (Å²) in [5.74, 6) is 1.27. The Labute approximate surface area is 378 Å². The van der Waals surface area contributed by atoms with Crippen molar-refractivity contribution in [3.05, 3.63) is 198 Å². The lowest BCUT2D eigenvalue weighted by Crippen LogP contribution is -3.00. The Morgan fingerprint density at radius 1 is 0.730 bits per heavy atom. The number of ketones is 1. The second kappa shape index (κ2) is 19.2. The first-order valence-corrected chi connectivity index (χ1v) is 23.7. The Hall–Kier alpha value is -5.98. The third-order valence-electron chi connectivity index (χ3n) is 12.9. The predicted molar refractivity (Wildman–Crippen MR) is 254 cm³/mol. The van der Waals surface area contributed by atoms with Crippen molar-refractivity contribution in [3.63, 3.8) is 0 Å². The van der Waals surface area contributed by atoms with E-state index in [4.69, 9.17) is 4.74 Å². The molecule has 1 saturated heterocycles. The van der Waals surface area contributed by atoms with Gasteiger partial charge in [0.2, 0.25) is 0 Å². The summed E-state index contributed by atoms with van der Waals surface area (Å²) in [6, 6.07) is 52.7. The number of rotatable bonds is 12. The Balaban J connectivity index is 0.00000544. The highest BCUT2D eigenvalue weighted by atomic mass is 35.5. The van der Waals surface area contributed by atoms with E-state index < -0.39 is 7.26 Å². The van der Waals surface area contributed by atoms with Gasteiger partial charge in [0.25, 0.3) is 5.91 Å². The molecule has 2 heterocycles. The predicted octanol–water partition coefficient (Wildman–Crippen LogP) is 6.17.